The first-order valence-electron chi connectivity index (χ1n) is 9.78. The van der Waals surface area contributed by atoms with Crippen molar-refractivity contribution in [1.29, 1.82) is 0 Å². The van der Waals surface area contributed by atoms with Crippen molar-refractivity contribution in [2.24, 2.45) is 5.16 Å². The summed E-state index contributed by atoms with van der Waals surface area (Å²) < 4.78 is 46.0. The van der Waals surface area contributed by atoms with Crippen molar-refractivity contribution in [3.8, 4) is 11.5 Å². The van der Waals surface area contributed by atoms with Crippen molar-refractivity contribution >= 4 is 5.71 Å². The van der Waals surface area contributed by atoms with Gasteiger partial charge in [-0.05, 0) is 41.5 Å². The number of pyridine rings is 1. The predicted octanol–water partition coefficient (Wildman–Crippen LogP) is 4.33. The molecule has 174 valence electrons. The standard InChI is InChI=1S/C23H21F3N2O5/c1-31-18-7-2-15(3-8-18)14-32-28-20(17-6-11-22(30)27-13-17)12-21(29)16-4-9-19(10-5-16)33-23(24,25)26/h2-11,13,21,29H,12,14H2,1H3,(H,27,30)/b28-20+. The molecule has 0 spiro atoms. The number of nitrogens with zero attached hydrogens (tertiary/aromatic N) is 1. The van der Waals surface area contributed by atoms with Crippen LogP contribution < -0.4 is 15.0 Å². The van der Waals surface area contributed by atoms with Crippen LogP contribution >= 0.6 is 0 Å². The fraction of sp³-hybridized carbons (Fsp3) is 0.217. The molecular weight excluding hydrogens is 441 g/mol. The summed E-state index contributed by atoms with van der Waals surface area (Å²) in [5.74, 6) is 0.307. The lowest BCUT2D eigenvalue weighted by atomic mass is 10.0. The number of rotatable bonds is 9. The number of methoxy groups -OCH3 is 1. The van der Waals surface area contributed by atoms with Gasteiger partial charge in [-0.25, -0.2) is 0 Å². The Morgan fingerprint density at radius 3 is 2.27 bits per heavy atom. The van der Waals surface area contributed by atoms with Crippen LogP contribution in [0.25, 0.3) is 0 Å². The summed E-state index contributed by atoms with van der Waals surface area (Å²) >= 11 is 0. The molecule has 1 heterocycles. The monoisotopic (exact) mass is 462 g/mol. The normalized spacial score (nSPS) is 12.8. The second-order valence-electron chi connectivity index (χ2n) is 6.94. The second-order valence-corrected chi connectivity index (χ2v) is 6.94. The number of aliphatic hydroxyl groups excluding tert-OH is 1. The molecule has 2 N–H and O–H groups in total. The third-order valence-corrected chi connectivity index (χ3v) is 4.57. The molecule has 1 atom stereocenters. The first-order valence-corrected chi connectivity index (χ1v) is 9.78. The van der Waals surface area contributed by atoms with Crippen LogP contribution in [0.1, 0.15) is 29.2 Å². The average molecular weight is 462 g/mol. The van der Waals surface area contributed by atoms with Crippen molar-refractivity contribution in [2.45, 2.75) is 25.5 Å². The molecule has 1 aromatic heterocycles. The zero-order valence-electron chi connectivity index (χ0n) is 17.5. The molecule has 2 aromatic carbocycles. The SMILES string of the molecule is COc1ccc(CO/N=C(\CC(O)c2ccc(OC(F)(F)F)cc2)c2ccc(=O)[nH]c2)cc1. The van der Waals surface area contributed by atoms with E-state index in [-0.39, 0.29) is 18.6 Å². The Hall–Kier alpha value is -3.79. The van der Waals surface area contributed by atoms with E-state index in [2.05, 4.69) is 14.9 Å². The maximum absolute atomic E-state index is 12.3. The van der Waals surface area contributed by atoms with Gasteiger partial charge in [-0.2, -0.15) is 0 Å². The molecule has 0 bridgehead atoms. The summed E-state index contributed by atoms with van der Waals surface area (Å²) in [6.07, 6.45) is -4.48. The number of aliphatic hydroxyl groups is 1. The van der Waals surface area contributed by atoms with Gasteiger partial charge in [0.2, 0.25) is 5.56 Å². The zero-order chi connectivity index (χ0) is 23.8. The van der Waals surface area contributed by atoms with E-state index < -0.39 is 18.2 Å². The summed E-state index contributed by atoms with van der Waals surface area (Å²) in [6, 6.07) is 14.9. The van der Waals surface area contributed by atoms with Gasteiger partial charge < -0.3 is 24.4 Å². The Bertz CT molecular complexity index is 1110. The number of aromatic nitrogens is 1. The van der Waals surface area contributed by atoms with Gasteiger partial charge in [0, 0.05) is 24.2 Å². The number of aromatic amines is 1. The maximum Gasteiger partial charge on any atom is 0.573 e. The summed E-state index contributed by atoms with van der Waals surface area (Å²) in [5, 5.41) is 14.7. The molecule has 0 saturated carbocycles. The average Bonchev–Trinajstić information content (AvgIpc) is 2.79. The minimum absolute atomic E-state index is 0.0197. The molecule has 0 aliphatic rings. The lowest BCUT2D eigenvalue weighted by Gasteiger charge is -2.14. The molecule has 1 unspecified atom stereocenters. The lowest BCUT2D eigenvalue weighted by molar-refractivity contribution is -0.274. The van der Waals surface area contributed by atoms with Crippen LogP contribution in [-0.2, 0) is 11.4 Å². The number of hydrogen-bond acceptors (Lipinski definition) is 6. The highest BCUT2D eigenvalue weighted by Crippen LogP contribution is 2.26. The van der Waals surface area contributed by atoms with E-state index >= 15 is 0 Å². The molecular formula is C23H21F3N2O5. The highest BCUT2D eigenvalue weighted by Gasteiger charge is 2.31. The molecule has 3 aromatic rings. The number of H-pyrrole nitrogens is 1. The molecule has 3 rings (SSSR count). The van der Waals surface area contributed by atoms with Gasteiger partial charge in [-0.3, -0.25) is 4.79 Å². The van der Waals surface area contributed by atoms with Gasteiger partial charge in [-0.15, -0.1) is 13.2 Å². The minimum atomic E-state index is -4.80. The Morgan fingerprint density at radius 2 is 1.70 bits per heavy atom. The number of alkyl halides is 3. The minimum Gasteiger partial charge on any atom is -0.497 e. The Morgan fingerprint density at radius 1 is 1.03 bits per heavy atom. The van der Waals surface area contributed by atoms with Crippen LogP contribution in [0.5, 0.6) is 11.5 Å². The van der Waals surface area contributed by atoms with Crippen molar-refractivity contribution in [3.05, 3.63) is 93.9 Å². The third kappa shape index (κ3) is 7.39. The molecule has 0 radical (unpaired) electrons. The van der Waals surface area contributed by atoms with E-state index in [4.69, 9.17) is 9.57 Å². The van der Waals surface area contributed by atoms with Gasteiger partial charge in [0.15, 0.2) is 0 Å². The molecule has 0 aliphatic heterocycles. The van der Waals surface area contributed by atoms with Crippen LogP contribution in [0.3, 0.4) is 0 Å². The Labute approximate surface area is 187 Å². The van der Waals surface area contributed by atoms with E-state index in [1.54, 1.807) is 19.2 Å². The summed E-state index contributed by atoms with van der Waals surface area (Å²) in [4.78, 5) is 19.4. The number of halogens is 3. The second kappa shape index (κ2) is 10.7. The molecule has 10 heteroatoms. The zero-order valence-corrected chi connectivity index (χ0v) is 17.5. The Balaban J connectivity index is 1.73. The fourth-order valence-electron chi connectivity index (χ4n) is 2.90. The molecule has 0 aliphatic carbocycles. The van der Waals surface area contributed by atoms with Gasteiger partial charge >= 0.3 is 6.36 Å². The summed E-state index contributed by atoms with van der Waals surface area (Å²) in [5.41, 5.74) is 1.74. The van der Waals surface area contributed by atoms with Crippen molar-refractivity contribution < 1.29 is 32.6 Å². The van der Waals surface area contributed by atoms with E-state index in [0.29, 0.717) is 22.6 Å². The van der Waals surface area contributed by atoms with E-state index in [9.17, 15) is 23.1 Å². The fourth-order valence-corrected chi connectivity index (χ4v) is 2.90. The van der Waals surface area contributed by atoms with E-state index in [0.717, 1.165) is 17.7 Å². The maximum atomic E-state index is 12.3. The van der Waals surface area contributed by atoms with Gasteiger partial charge in [0.1, 0.15) is 18.1 Å². The van der Waals surface area contributed by atoms with E-state index in [1.807, 2.05) is 12.1 Å². The van der Waals surface area contributed by atoms with Crippen molar-refractivity contribution in [2.75, 3.05) is 7.11 Å². The van der Waals surface area contributed by atoms with Crippen LogP contribution in [-0.4, -0.2) is 29.3 Å². The molecule has 0 amide bonds. The number of oxime groups is 1. The first kappa shape index (κ1) is 23.9. The summed E-state index contributed by atoms with van der Waals surface area (Å²) in [6.45, 7) is 0.149. The highest BCUT2D eigenvalue weighted by molar-refractivity contribution is 6.00. The molecule has 33 heavy (non-hydrogen) atoms. The van der Waals surface area contributed by atoms with Crippen molar-refractivity contribution in [1.82, 2.24) is 4.98 Å². The lowest BCUT2D eigenvalue weighted by Crippen LogP contribution is -2.17. The molecule has 7 nitrogen and oxygen atoms in total. The van der Waals surface area contributed by atoms with E-state index in [1.165, 1.54) is 30.5 Å². The van der Waals surface area contributed by atoms with Crippen molar-refractivity contribution in [3.63, 3.8) is 0 Å². The predicted molar refractivity (Wildman–Crippen MR) is 114 cm³/mol. The van der Waals surface area contributed by atoms with Crippen LogP contribution in [0.2, 0.25) is 0 Å². The van der Waals surface area contributed by atoms with Gasteiger partial charge in [-0.1, -0.05) is 29.4 Å². The van der Waals surface area contributed by atoms with Crippen LogP contribution in [0.4, 0.5) is 13.2 Å². The summed E-state index contributed by atoms with van der Waals surface area (Å²) in [7, 11) is 1.56. The molecule has 0 fully saturated rings. The largest absolute Gasteiger partial charge is 0.573 e. The smallest absolute Gasteiger partial charge is 0.497 e. The van der Waals surface area contributed by atoms with Crippen LogP contribution in [0.15, 0.2) is 76.8 Å². The topological polar surface area (TPSA) is 93.1 Å². The highest BCUT2D eigenvalue weighted by atomic mass is 19.4. The number of ether oxygens (including phenoxy) is 2. The molecule has 0 saturated heterocycles. The first-order chi connectivity index (χ1) is 15.7. The Kier molecular flexibility index (Phi) is 7.73. The number of nitrogens with one attached hydrogen (secondary N) is 1. The van der Waals surface area contributed by atoms with Gasteiger partial charge in [0.05, 0.1) is 18.9 Å². The third-order valence-electron chi connectivity index (χ3n) is 4.57. The van der Waals surface area contributed by atoms with Gasteiger partial charge in [0.25, 0.3) is 0 Å². The van der Waals surface area contributed by atoms with Crippen LogP contribution in [0, 0.1) is 0 Å². The number of hydrogen-bond donors (Lipinski definition) is 2. The quantitative estimate of drug-likeness (QED) is 0.365. The number of benzene rings is 2.